The van der Waals surface area contributed by atoms with Crippen LogP contribution in [-0.4, -0.2) is 38.3 Å². The number of allylic oxidation sites excluding steroid dienone is 1. The predicted molar refractivity (Wildman–Crippen MR) is 112 cm³/mol. The van der Waals surface area contributed by atoms with E-state index < -0.39 is 11.6 Å². The maximum absolute atomic E-state index is 12.3. The standard InChI is InChI=1S/C21H29NO4S2/c1-21(26,11-8-14-4-5-14)10-2-3-15-6-7-18(23)16(15)9-12-27-20-22-17(13-28-20)19(24)25/h2-3,13-16,26H,4-12H2,1H3,(H,24,25)/b3-2+/t15-,16-,21?/m1/s1. The number of Topliss-reactive ketones (excluding diaryl/α,β-unsaturated/α-hetero) is 1. The third-order valence-corrected chi connectivity index (χ3v) is 7.79. The largest absolute Gasteiger partial charge is 0.476 e. The molecular formula is C21H29NO4S2. The summed E-state index contributed by atoms with van der Waals surface area (Å²) in [7, 11) is 0. The van der Waals surface area contributed by atoms with Gasteiger partial charge in [0.15, 0.2) is 10.0 Å². The van der Waals surface area contributed by atoms with Crippen LogP contribution in [-0.2, 0) is 4.79 Å². The van der Waals surface area contributed by atoms with Crippen molar-refractivity contribution in [2.24, 2.45) is 17.8 Å². The Hall–Kier alpha value is -1.18. The average molecular weight is 424 g/mol. The van der Waals surface area contributed by atoms with E-state index in [9.17, 15) is 14.7 Å². The van der Waals surface area contributed by atoms with Crippen molar-refractivity contribution in [3.63, 3.8) is 0 Å². The van der Waals surface area contributed by atoms with E-state index in [-0.39, 0.29) is 17.5 Å². The molecule has 28 heavy (non-hydrogen) atoms. The molecule has 1 aromatic heterocycles. The second-order valence-corrected chi connectivity index (χ2v) is 10.5. The number of aromatic nitrogens is 1. The number of thioether (sulfide) groups is 1. The van der Waals surface area contributed by atoms with Gasteiger partial charge in [0.1, 0.15) is 5.78 Å². The lowest BCUT2D eigenvalue weighted by atomic mass is 9.90. The van der Waals surface area contributed by atoms with Crippen LogP contribution in [0.1, 0.15) is 68.8 Å². The van der Waals surface area contributed by atoms with Crippen LogP contribution >= 0.6 is 23.1 Å². The van der Waals surface area contributed by atoms with Gasteiger partial charge in [-0.15, -0.1) is 11.3 Å². The lowest BCUT2D eigenvalue weighted by molar-refractivity contribution is -0.121. The third-order valence-electron chi connectivity index (χ3n) is 5.74. The number of hydrogen-bond donors (Lipinski definition) is 2. The minimum Gasteiger partial charge on any atom is -0.476 e. The van der Waals surface area contributed by atoms with E-state index in [1.807, 2.05) is 6.92 Å². The summed E-state index contributed by atoms with van der Waals surface area (Å²) in [6, 6.07) is 0. The maximum Gasteiger partial charge on any atom is 0.355 e. The van der Waals surface area contributed by atoms with Gasteiger partial charge in [0.2, 0.25) is 0 Å². The Morgan fingerprint density at radius 3 is 2.86 bits per heavy atom. The van der Waals surface area contributed by atoms with E-state index >= 15 is 0 Å². The number of hydrogen-bond acceptors (Lipinski definition) is 6. The highest BCUT2D eigenvalue weighted by Crippen LogP contribution is 2.37. The molecule has 2 aliphatic rings. The Morgan fingerprint density at radius 2 is 2.18 bits per heavy atom. The van der Waals surface area contributed by atoms with E-state index in [2.05, 4.69) is 17.1 Å². The Bertz CT molecular complexity index is 724. The van der Waals surface area contributed by atoms with Crippen LogP contribution in [0.2, 0.25) is 0 Å². The molecule has 1 aromatic rings. The Labute approximate surface area is 174 Å². The highest BCUT2D eigenvalue weighted by Gasteiger charge is 2.33. The van der Waals surface area contributed by atoms with Gasteiger partial charge in [-0.25, -0.2) is 9.78 Å². The van der Waals surface area contributed by atoms with Gasteiger partial charge < -0.3 is 10.2 Å². The zero-order valence-electron chi connectivity index (χ0n) is 16.3. The molecule has 0 saturated heterocycles. The van der Waals surface area contributed by atoms with Gasteiger partial charge in [0.25, 0.3) is 0 Å². The van der Waals surface area contributed by atoms with Crippen LogP contribution in [0.25, 0.3) is 0 Å². The van der Waals surface area contributed by atoms with Crippen LogP contribution in [0.15, 0.2) is 21.9 Å². The first-order chi connectivity index (χ1) is 13.3. The number of carbonyl (C=O) groups excluding carboxylic acids is 1. The summed E-state index contributed by atoms with van der Waals surface area (Å²) >= 11 is 2.85. The molecule has 2 saturated carbocycles. The molecule has 0 aliphatic heterocycles. The van der Waals surface area contributed by atoms with E-state index in [0.717, 1.165) is 41.7 Å². The molecule has 2 aliphatic carbocycles. The lowest BCUT2D eigenvalue weighted by Crippen LogP contribution is -2.23. The molecule has 3 atom stereocenters. The third kappa shape index (κ3) is 6.42. The van der Waals surface area contributed by atoms with Crippen molar-refractivity contribution in [1.29, 1.82) is 0 Å². The van der Waals surface area contributed by atoms with Gasteiger partial charge in [-0.2, -0.15) is 0 Å². The molecule has 0 amide bonds. The molecule has 154 valence electrons. The summed E-state index contributed by atoms with van der Waals surface area (Å²) < 4.78 is 0.738. The van der Waals surface area contributed by atoms with Gasteiger partial charge in [0.05, 0.1) is 5.60 Å². The molecule has 3 rings (SSSR count). The molecule has 0 spiro atoms. The first-order valence-electron chi connectivity index (χ1n) is 10.1. The molecule has 0 bridgehead atoms. The second kappa shape index (κ2) is 9.55. The molecule has 0 radical (unpaired) electrons. The molecule has 1 heterocycles. The van der Waals surface area contributed by atoms with Gasteiger partial charge in [-0.3, -0.25) is 4.79 Å². The fourth-order valence-corrected chi connectivity index (χ4v) is 5.65. The fourth-order valence-electron chi connectivity index (χ4n) is 3.76. The molecule has 0 aromatic carbocycles. The van der Waals surface area contributed by atoms with E-state index in [4.69, 9.17) is 5.11 Å². The van der Waals surface area contributed by atoms with Crippen LogP contribution in [0.4, 0.5) is 0 Å². The van der Waals surface area contributed by atoms with Crippen molar-refractivity contribution in [1.82, 2.24) is 4.98 Å². The Balaban J connectivity index is 1.44. The molecule has 5 nitrogen and oxygen atoms in total. The SMILES string of the molecule is CC(O)(C/C=C/[C@@H]1CCC(=O)[C@@H]1CCSc1nc(C(=O)O)cs1)CCC1CC1. The number of carboxylic acid groups (broad SMARTS) is 1. The topological polar surface area (TPSA) is 87.5 Å². The number of aromatic carboxylic acids is 1. The van der Waals surface area contributed by atoms with Crippen LogP contribution in [0.3, 0.4) is 0 Å². The summed E-state index contributed by atoms with van der Waals surface area (Å²) in [6.07, 6.45) is 11.7. The predicted octanol–water partition coefficient (Wildman–Crippen LogP) is 4.81. The van der Waals surface area contributed by atoms with Crippen molar-refractivity contribution in [2.75, 3.05) is 5.75 Å². The number of thiazole rings is 1. The van der Waals surface area contributed by atoms with Gasteiger partial charge in [-0.1, -0.05) is 36.8 Å². The Kier molecular flexibility index (Phi) is 7.34. The van der Waals surface area contributed by atoms with Crippen molar-refractivity contribution < 1.29 is 19.8 Å². The quantitative estimate of drug-likeness (QED) is 0.392. The summed E-state index contributed by atoms with van der Waals surface area (Å²) in [4.78, 5) is 27.3. The number of carbonyl (C=O) groups is 2. The fraction of sp³-hybridized carbons (Fsp3) is 0.667. The van der Waals surface area contributed by atoms with Crippen molar-refractivity contribution >= 4 is 34.9 Å². The monoisotopic (exact) mass is 423 g/mol. The maximum atomic E-state index is 12.3. The van der Waals surface area contributed by atoms with Crippen LogP contribution < -0.4 is 0 Å². The normalized spacial score (nSPS) is 24.7. The van der Waals surface area contributed by atoms with E-state index in [1.165, 1.54) is 35.9 Å². The van der Waals surface area contributed by atoms with Crippen LogP contribution in [0.5, 0.6) is 0 Å². The Morgan fingerprint density at radius 1 is 1.39 bits per heavy atom. The van der Waals surface area contributed by atoms with Gasteiger partial charge >= 0.3 is 5.97 Å². The summed E-state index contributed by atoms with van der Waals surface area (Å²) in [5.41, 5.74) is -0.571. The van der Waals surface area contributed by atoms with E-state index in [0.29, 0.717) is 18.6 Å². The summed E-state index contributed by atoms with van der Waals surface area (Å²) in [5, 5.41) is 21.0. The number of carboxylic acids is 1. The van der Waals surface area contributed by atoms with Crippen LogP contribution in [0, 0.1) is 17.8 Å². The van der Waals surface area contributed by atoms with Gasteiger partial charge in [0, 0.05) is 23.5 Å². The van der Waals surface area contributed by atoms with Gasteiger partial charge in [-0.05, 0) is 50.9 Å². The molecular weight excluding hydrogens is 394 g/mol. The minimum atomic E-state index is -1.01. The first kappa shape index (κ1) is 21.5. The van der Waals surface area contributed by atoms with E-state index in [1.54, 1.807) is 5.38 Å². The zero-order chi connectivity index (χ0) is 20.1. The summed E-state index contributed by atoms with van der Waals surface area (Å²) in [5.74, 6) is 1.17. The number of ketones is 1. The molecule has 7 heteroatoms. The molecule has 2 N–H and O–H groups in total. The highest BCUT2D eigenvalue weighted by molar-refractivity contribution is 8.01. The van der Waals surface area contributed by atoms with Crippen molar-refractivity contribution in [3.8, 4) is 0 Å². The number of rotatable bonds is 11. The second-order valence-electron chi connectivity index (χ2n) is 8.33. The lowest BCUT2D eigenvalue weighted by Gasteiger charge is -2.22. The summed E-state index contributed by atoms with van der Waals surface area (Å²) in [6.45, 7) is 1.91. The van der Waals surface area contributed by atoms with Crippen molar-refractivity contribution in [2.45, 2.75) is 68.2 Å². The zero-order valence-corrected chi connectivity index (χ0v) is 17.9. The minimum absolute atomic E-state index is 0.0269. The van der Waals surface area contributed by atoms with Crippen molar-refractivity contribution in [3.05, 3.63) is 23.2 Å². The number of nitrogens with zero attached hydrogens (tertiary/aromatic N) is 1. The highest BCUT2D eigenvalue weighted by atomic mass is 32.2. The molecule has 1 unspecified atom stereocenters. The average Bonchev–Trinajstić information content (AvgIpc) is 3.25. The number of aliphatic hydroxyl groups is 1. The first-order valence-corrected chi connectivity index (χ1v) is 11.9. The smallest absolute Gasteiger partial charge is 0.355 e. The molecule has 2 fully saturated rings.